The van der Waals surface area contributed by atoms with Crippen molar-refractivity contribution in [3.8, 4) is 5.75 Å². The Morgan fingerprint density at radius 1 is 1.10 bits per heavy atom. The summed E-state index contributed by atoms with van der Waals surface area (Å²) in [6.45, 7) is 0.807. The van der Waals surface area contributed by atoms with E-state index in [-0.39, 0.29) is 0 Å². The van der Waals surface area contributed by atoms with Gasteiger partial charge in [0.05, 0.1) is 18.5 Å². The Labute approximate surface area is 120 Å². The molecule has 0 spiro atoms. The number of nitrogen functional groups attached to an aromatic ring is 1. The van der Waals surface area contributed by atoms with Crippen LogP contribution in [0.5, 0.6) is 5.75 Å². The van der Waals surface area contributed by atoms with Crippen molar-refractivity contribution in [3.63, 3.8) is 0 Å². The van der Waals surface area contributed by atoms with Crippen molar-refractivity contribution < 1.29 is 4.74 Å². The van der Waals surface area contributed by atoms with Crippen LogP contribution >= 0.6 is 0 Å². The van der Waals surface area contributed by atoms with Gasteiger partial charge in [-0.3, -0.25) is 4.98 Å². The van der Waals surface area contributed by atoms with E-state index in [9.17, 15) is 0 Å². The average molecular weight is 272 g/mol. The van der Waals surface area contributed by atoms with Crippen LogP contribution < -0.4 is 10.5 Å². The third-order valence-corrected chi connectivity index (χ3v) is 5.94. The van der Waals surface area contributed by atoms with Gasteiger partial charge in [-0.05, 0) is 68.1 Å². The number of nitrogens with two attached hydrogens (primary N) is 1. The minimum atomic E-state index is 0.651. The van der Waals surface area contributed by atoms with Crippen LogP contribution in [0, 0.1) is 29.6 Å². The molecule has 0 unspecified atom stereocenters. The molecule has 0 aromatic carbocycles. The average Bonchev–Trinajstić information content (AvgIpc) is 2.43. The van der Waals surface area contributed by atoms with Crippen molar-refractivity contribution >= 4 is 5.69 Å². The molecule has 3 nitrogen and oxygen atoms in total. The maximum absolute atomic E-state index is 5.88. The number of pyridine rings is 1. The van der Waals surface area contributed by atoms with Crippen LogP contribution in [-0.4, -0.2) is 11.6 Å². The summed E-state index contributed by atoms with van der Waals surface area (Å²) < 4.78 is 5.88. The maximum atomic E-state index is 5.88. The summed E-state index contributed by atoms with van der Waals surface area (Å²) in [5.41, 5.74) is 6.52. The van der Waals surface area contributed by atoms with E-state index in [4.69, 9.17) is 10.5 Å². The van der Waals surface area contributed by atoms with E-state index in [0.29, 0.717) is 5.69 Å². The Hall–Kier alpha value is -1.25. The van der Waals surface area contributed by atoms with Gasteiger partial charge in [0.15, 0.2) is 0 Å². The smallest absolute Gasteiger partial charge is 0.145 e. The first kappa shape index (κ1) is 12.5. The van der Waals surface area contributed by atoms with Crippen molar-refractivity contribution in [1.82, 2.24) is 4.98 Å². The van der Waals surface area contributed by atoms with Gasteiger partial charge in [-0.25, -0.2) is 0 Å². The molecule has 1 heterocycles. The van der Waals surface area contributed by atoms with Gasteiger partial charge in [-0.2, -0.15) is 0 Å². The predicted molar refractivity (Wildman–Crippen MR) is 79.3 cm³/mol. The molecule has 0 atom stereocenters. The molecule has 4 aliphatic carbocycles. The zero-order valence-corrected chi connectivity index (χ0v) is 12.0. The molecule has 1 aromatic rings. The summed E-state index contributed by atoms with van der Waals surface area (Å²) in [5, 5.41) is 0. The van der Waals surface area contributed by atoms with Gasteiger partial charge < -0.3 is 10.5 Å². The quantitative estimate of drug-likeness (QED) is 0.912. The van der Waals surface area contributed by atoms with E-state index in [0.717, 1.165) is 41.9 Å². The van der Waals surface area contributed by atoms with E-state index in [1.807, 2.05) is 6.07 Å². The van der Waals surface area contributed by atoms with Gasteiger partial charge in [0, 0.05) is 12.3 Å². The molecule has 4 bridgehead atoms. The summed E-state index contributed by atoms with van der Waals surface area (Å²) in [7, 11) is 0. The molecule has 4 saturated carbocycles. The van der Waals surface area contributed by atoms with Crippen LogP contribution in [0.1, 0.15) is 38.5 Å². The zero-order chi connectivity index (χ0) is 13.5. The van der Waals surface area contributed by atoms with Gasteiger partial charge in [0.1, 0.15) is 5.75 Å². The molecule has 0 aliphatic heterocycles. The summed E-state index contributed by atoms with van der Waals surface area (Å²) >= 11 is 0. The van der Waals surface area contributed by atoms with Gasteiger partial charge in [-0.1, -0.05) is 0 Å². The summed E-state index contributed by atoms with van der Waals surface area (Å²) in [4.78, 5) is 4.00. The van der Waals surface area contributed by atoms with Crippen LogP contribution in [0.4, 0.5) is 5.69 Å². The first-order chi connectivity index (χ1) is 9.79. The molecule has 4 aliphatic rings. The molecule has 4 fully saturated rings. The molecule has 1 aromatic heterocycles. The lowest BCUT2D eigenvalue weighted by Crippen LogP contribution is -2.45. The Balaban J connectivity index is 1.35. The second-order valence-electron chi connectivity index (χ2n) is 7.15. The monoisotopic (exact) mass is 272 g/mol. The number of hydrogen-bond donors (Lipinski definition) is 1. The maximum Gasteiger partial charge on any atom is 0.145 e. The number of nitrogens with zero attached hydrogens (tertiary/aromatic N) is 1. The standard InChI is InChI=1S/C17H24N2O/c18-16-10-19-3-1-17(16)20-4-2-15-13-6-11-5-12(8-13)9-14(15)7-11/h1,3,10-15H,2,4-9,18H2. The van der Waals surface area contributed by atoms with Crippen molar-refractivity contribution in [2.45, 2.75) is 38.5 Å². The topological polar surface area (TPSA) is 48.1 Å². The molecule has 5 rings (SSSR count). The van der Waals surface area contributed by atoms with Crippen LogP contribution in [0.25, 0.3) is 0 Å². The molecule has 2 N–H and O–H groups in total. The normalized spacial score (nSPS) is 38.1. The second kappa shape index (κ2) is 4.94. The van der Waals surface area contributed by atoms with E-state index in [1.165, 1.54) is 38.5 Å². The molecule has 20 heavy (non-hydrogen) atoms. The lowest BCUT2D eigenvalue weighted by molar-refractivity contribution is -0.0435. The highest BCUT2D eigenvalue weighted by Crippen LogP contribution is 2.57. The largest absolute Gasteiger partial charge is 0.491 e. The van der Waals surface area contributed by atoms with E-state index < -0.39 is 0 Å². The number of anilines is 1. The highest BCUT2D eigenvalue weighted by Gasteiger charge is 2.47. The third-order valence-electron chi connectivity index (χ3n) is 5.94. The lowest BCUT2D eigenvalue weighted by Gasteiger charge is -2.54. The fourth-order valence-corrected chi connectivity index (χ4v) is 5.34. The van der Waals surface area contributed by atoms with E-state index >= 15 is 0 Å². The molecule has 108 valence electrons. The summed E-state index contributed by atoms with van der Waals surface area (Å²) in [6.07, 6.45) is 12.1. The van der Waals surface area contributed by atoms with Gasteiger partial charge in [0.2, 0.25) is 0 Å². The fourth-order valence-electron chi connectivity index (χ4n) is 5.34. The Morgan fingerprint density at radius 3 is 2.45 bits per heavy atom. The minimum Gasteiger partial charge on any atom is -0.491 e. The molecule has 0 amide bonds. The van der Waals surface area contributed by atoms with Crippen LogP contribution in [-0.2, 0) is 0 Å². The SMILES string of the molecule is Nc1cnccc1OCCC1C2CC3CC(C2)CC1C3. The molecule has 0 radical (unpaired) electrons. The highest BCUT2D eigenvalue weighted by atomic mass is 16.5. The first-order valence-electron chi connectivity index (χ1n) is 8.12. The van der Waals surface area contributed by atoms with Gasteiger partial charge in [-0.15, -0.1) is 0 Å². The van der Waals surface area contributed by atoms with Crippen LogP contribution in [0.3, 0.4) is 0 Å². The van der Waals surface area contributed by atoms with Crippen molar-refractivity contribution in [2.75, 3.05) is 12.3 Å². The van der Waals surface area contributed by atoms with Crippen LogP contribution in [0.15, 0.2) is 18.5 Å². The first-order valence-corrected chi connectivity index (χ1v) is 8.12. The Bertz CT molecular complexity index is 460. The molecular formula is C17H24N2O. The second-order valence-corrected chi connectivity index (χ2v) is 7.15. The number of hydrogen-bond acceptors (Lipinski definition) is 3. The van der Waals surface area contributed by atoms with Crippen LogP contribution in [0.2, 0.25) is 0 Å². The predicted octanol–water partition coefficient (Wildman–Crippen LogP) is 3.51. The third kappa shape index (κ3) is 2.17. The number of aromatic nitrogens is 1. The van der Waals surface area contributed by atoms with Crippen molar-refractivity contribution in [3.05, 3.63) is 18.5 Å². The van der Waals surface area contributed by atoms with E-state index in [1.54, 1.807) is 12.4 Å². The van der Waals surface area contributed by atoms with Gasteiger partial charge in [0.25, 0.3) is 0 Å². The van der Waals surface area contributed by atoms with Crippen molar-refractivity contribution in [1.29, 1.82) is 0 Å². The summed E-state index contributed by atoms with van der Waals surface area (Å²) in [6, 6.07) is 1.87. The number of ether oxygens (including phenoxy) is 1. The fraction of sp³-hybridized carbons (Fsp3) is 0.706. The Kier molecular flexibility index (Phi) is 3.08. The molecular weight excluding hydrogens is 248 g/mol. The highest BCUT2D eigenvalue weighted by molar-refractivity contribution is 5.49. The minimum absolute atomic E-state index is 0.651. The Morgan fingerprint density at radius 2 is 1.80 bits per heavy atom. The molecule has 0 saturated heterocycles. The van der Waals surface area contributed by atoms with Crippen molar-refractivity contribution in [2.24, 2.45) is 29.6 Å². The number of rotatable bonds is 4. The van der Waals surface area contributed by atoms with E-state index in [2.05, 4.69) is 4.98 Å². The zero-order valence-electron chi connectivity index (χ0n) is 12.0. The summed E-state index contributed by atoms with van der Waals surface area (Å²) in [5.74, 6) is 5.81. The lowest BCUT2D eigenvalue weighted by atomic mass is 9.51. The van der Waals surface area contributed by atoms with Gasteiger partial charge >= 0.3 is 0 Å². The molecule has 3 heteroatoms.